The Balaban J connectivity index is 1.94. The molecule has 1 aliphatic carbocycles. The van der Waals surface area contributed by atoms with Crippen molar-refractivity contribution in [1.29, 1.82) is 0 Å². The van der Waals surface area contributed by atoms with Crippen LogP contribution in [0.3, 0.4) is 0 Å². The van der Waals surface area contributed by atoms with Crippen LogP contribution in [0.25, 0.3) is 0 Å². The average molecular weight is 249 g/mol. The van der Waals surface area contributed by atoms with Crippen LogP contribution in [0.1, 0.15) is 42.6 Å². The summed E-state index contributed by atoms with van der Waals surface area (Å²) < 4.78 is 0. The summed E-state index contributed by atoms with van der Waals surface area (Å²) in [5.74, 6) is 0. The van der Waals surface area contributed by atoms with E-state index >= 15 is 0 Å². The molecule has 0 saturated heterocycles. The van der Waals surface area contributed by atoms with Crippen molar-refractivity contribution in [3.05, 3.63) is 34.9 Å². The molecule has 0 aliphatic heterocycles. The predicted octanol–water partition coefficient (Wildman–Crippen LogP) is 1.57. The van der Waals surface area contributed by atoms with Crippen LogP contribution in [-0.4, -0.2) is 29.4 Å². The maximum Gasteiger partial charge on any atom is 0.0914 e. The van der Waals surface area contributed by atoms with E-state index in [1.54, 1.807) is 0 Å². The average Bonchev–Trinajstić information content (AvgIpc) is 2.86. The van der Waals surface area contributed by atoms with Gasteiger partial charge in [0.2, 0.25) is 0 Å². The molecule has 18 heavy (non-hydrogen) atoms. The highest BCUT2D eigenvalue weighted by Crippen LogP contribution is 2.25. The van der Waals surface area contributed by atoms with Gasteiger partial charge in [-0.3, -0.25) is 0 Å². The second kappa shape index (κ2) is 6.32. The lowest BCUT2D eigenvalue weighted by molar-refractivity contribution is 0.157. The molecule has 2 rings (SSSR count). The number of aryl methyl sites for hydroxylation is 2. The van der Waals surface area contributed by atoms with Crippen LogP contribution in [0.4, 0.5) is 0 Å². The maximum atomic E-state index is 10.1. The standard InChI is InChI=1S/C15H23NO2/c1-2-14(10-17)16-9-15(18)13-7-6-11-4-3-5-12(11)8-13/h6-8,14-18H,2-5,9-10H2,1H3. The van der Waals surface area contributed by atoms with Gasteiger partial charge < -0.3 is 15.5 Å². The second-order valence-corrected chi connectivity index (χ2v) is 5.09. The summed E-state index contributed by atoms with van der Waals surface area (Å²) in [4.78, 5) is 0. The molecule has 0 fully saturated rings. The molecule has 0 saturated carbocycles. The van der Waals surface area contributed by atoms with Gasteiger partial charge in [0, 0.05) is 12.6 Å². The number of aliphatic hydroxyl groups is 2. The summed E-state index contributed by atoms with van der Waals surface area (Å²) in [5, 5.41) is 22.4. The third kappa shape index (κ3) is 3.10. The van der Waals surface area contributed by atoms with Gasteiger partial charge in [-0.05, 0) is 42.4 Å². The lowest BCUT2D eigenvalue weighted by atomic mass is 10.0. The number of aliphatic hydroxyl groups excluding tert-OH is 2. The van der Waals surface area contributed by atoms with E-state index in [0.717, 1.165) is 18.4 Å². The van der Waals surface area contributed by atoms with E-state index in [1.807, 2.05) is 13.0 Å². The van der Waals surface area contributed by atoms with Crippen molar-refractivity contribution < 1.29 is 10.2 Å². The van der Waals surface area contributed by atoms with Crippen LogP contribution in [0.15, 0.2) is 18.2 Å². The lowest BCUT2D eigenvalue weighted by Gasteiger charge is -2.18. The number of nitrogens with one attached hydrogen (secondary N) is 1. The van der Waals surface area contributed by atoms with Gasteiger partial charge in [-0.1, -0.05) is 25.1 Å². The molecule has 1 aromatic carbocycles. The fourth-order valence-electron chi connectivity index (χ4n) is 2.53. The van der Waals surface area contributed by atoms with Crippen molar-refractivity contribution >= 4 is 0 Å². The molecule has 100 valence electrons. The van der Waals surface area contributed by atoms with E-state index in [-0.39, 0.29) is 12.6 Å². The second-order valence-electron chi connectivity index (χ2n) is 5.09. The van der Waals surface area contributed by atoms with Crippen molar-refractivity contribution in [2.75, 3.05) is 13.2 Å². The Bertz CT molecular complexity index is 388. The molecular formula is C15H23NO2. The fraction of sp³-hybridized carbons (Fsp3) is 0.600. The zero-order chi connectivity index (χ0) is 13.0. The van der Waals surface area contributed by atoms with Crippen molar-refractivity contribution in [2.45, 2.75) is 44.8 Å². The molecule has 0 amide bonds. The van der Waals surface area contributed by atoms with Crippen molar-refractivity contribution in [3.8, 4) is 0 Å². The Hall–Kier alpha value is -0.900. The normalized spacial score (nSPS) is 17.5. The number of fused-ring (bicyclic) bond motifs is 1. The summed E-state index contributed by atoms with van der Waals surface area (Å²) in [6.45, 7) is 2.64. The third-order valence-corrected chi connectivity index (χ3v) is 3.82. The van der Waals surface area contributed by atoms with Gasteiger partial charge in [0.05, 0.1) is 12.7 Å². The Morgan fingerprint density at radius 3 is 2.78 bits per heavy atom. The highest BCUT2D eigenvalue weighted by molar-refractivity contribution is 5.36. The Morgan fingerprint density at radius 2 is 2.06 bits per heavy atom. The van der Waals surface area contributed by atoms with E-state index in [1.165, 1.54) is 24.0 Å². The monoisotopic (exact) mass is 249 g/mol. The quantitative estimate of drug-likeness (QED) is 0.717. The molecule has 0 bridgehead atoms. The van der Waals surface area contributed by atoms with Gasteiger partial charge in [0.25, 0.3) is 0 Å². The summed E-state index contributed by atoms with van der Waals surface area (Å²) in [7, 11) is 0. The van der Waals surface area contributed by atoms with E-state index in [9.17, 15) is 5.11 Å². The van der Waals surface area contributed by atoms with E-state index in [2.05, 4.69) is 17.4 Å². The van der Waals surface area contributed by atoms with Crippen LogP contribution in [0.2, 0.25) is 0 Å². The Labute approximate surface area is 109 Å². The van der Waals surface area contributed by atoms with E-state index in [0.29, 0.717) is 6.54 Å². The molecule has 0 spiro atoms. The number of benzene rings is 1. The summed E-state index contributed by atoms with van der Waals surface area (Å²) >= 11 is 0. The van der Waals surface area contributed by atoms with Crippen molar-refractivity contribution in [1.82, 2.24) is 5.32 Å². The third-order valence-electron chi connectivity index (χ3n) is 3.82. The minimum Gasteiger partial charge on any atom is -0.395 e. The number of hydrogen-bond donors (Lipinski definition) is 3. The zero-order valence-electron chi connectivity index (χ0n) is 11.0. The van der Waals surface area contributed by atoms with Gasteiger partial charge in [-0.2, -0.15) is 0 Å². The van der Waals surface area contributed by atoms with Gasteiger partial charge >= 0.3 is 0 Å². The molecule has 3 N–H and O–H groups in total. The Kier molecular flexibility index (Phi) is 4.75. The SMILES string of the molecule is CCC(CO)NCC(O)c1ccc2c(c1)CCC2. The fourth-order valence-corrected chi connectivity index (χ4v) is 2.53. The molecule has 1 aliphatic rings. The van der Waals surface area contributed by atoms with Crippen LogP contribution in [-0.2, 0) is 12.8 Å². The first kappa shape index (κ1) is 13.5. The van der Waals surface area contributed by atoms with Crippen LogP contribution >= 0.6 is 0 Å². The summed E-state index contributed by atoms with van der Waals surface area (Å²) in [6.07, 6.45) is 3.92. The van der Waals surface area contributed by atoms with Gasteiger partial charge in [-0.15, -0.1) is 0 Å². The minimum absolute atomic E-state index is 0.0778. The summed E-state index contributed by atoms with van der Waals surface area (Å²) in [5.41, 5.74) is 3.80. The maximum absolute atomic E-state index is 10.1. The number of rotatable bonds is 6. The summed E-state index contributed by atoms with van der Waals surface area (Å²) in [6, 6.07) is 6.38. The molecular weight excluding hydrogens is 226 g/mol. The topological polar surface area (TPSA) is 52.5 Å². The van der Waals surface area contributed by atoms with Crippen LogP contribution in [0.5, 0.6) is 0 Å². The molecule has 0 aromatic heterocycles. The molecule has 3 nitrogen and oxygen atoms in total. The van der Waals surface area contributed by atoms with E-state index < -0.39 is 6.10 Å². The zero-order valence-corrected chi connectivity index (χ0v) is 11.0. The van der Waals surface area contributed by atoms with Crippen molar-refractivity contribution in [3.63, 3.8) is 0 Å². The molecule has 3 heteroatoms. The van der Waals surface area contributed by atoms with Crippen LogP contribution < -0.4 is 5.32 Å². The highest BCUT2D eigenvalue weighted by Gasteiger charge is 2.15. The molecule has 1 aromatic rings. The molecule has 0 radical (unpaired) electrons. The predicted molar refractivity (Wildman–Crippen MR) is 72.6 cm³/mol. The molecule has 2 atom stereocenters. The van der Waals surface area contributed by atoms with Crippen molar-refractivity contribution in [2.24, 2.45) is 0 Å². The highest BCUT2D eigenvalue weighted by atomic mass is 16.3. The van der Waals surface area contributed by atoms with Crippen LogP contribution in [0, 0.1) is 0 Å². The molecule has 2 unspecified atom stereocenters. The van der Waals surface area contributed by atoms with E-state index in [4.69, 9.17) is 5.11 Å². The molecule has 0 heterocycles. The first-order chi connectivity index (χ1) is 8.74. The van der Waals surface area contributed by atoms with Gasteiger partial charge in [-0.25, -0.2) is 0 Å². The minimum atomic E-state index is -0.489. The van der Waals surface area contributed by atoms with Gasteiger partial charge in [0.15, 0.2) is 0 Å². The van der Waals surface area contributed by atoms with Gasteiger partial charge in [0.1, 0.15) is 0 Å². The largest absolute Gasteiger partial charge is 0.395 e. The first-order valence-electron chi connectivity index (χ1n) is 6.88. The Morgan fingerprint density at radius 1 is 1.28 bits per heavy atom. The lowest BCUT2D eigenvalue weighted by Crippen LogP contribution is -2.34. The number of hydrogen-bond acceptors (Lipinski definition) is 3. The smallest absolute Gasteiger partial charge is 0.0914 e. The first-order valence-corrected chi connectivity index (χ1v) is 6.88.